The Bertz CT molecular complexity index is 1460. The first kappa shape index (κ1) is 27.6. The van der Waals surface area contributed by atoms with Gasteiger partial charge in [-0.15, -0.1) is 0 Å². The molecule has 0 spiro atoms. The highest BCUT2D eigenvalue weighted by molar-refractivity contribution is 6.01. The first-order valence-electron chi connectivity index (χ1n) is 13.0. The standard InChI is InChI=1S/C31H35N5O3/c1-4-36(29(38)25-16-9-8-14-23(25)21-12-6-5-7-13-21)20-34-28(37)27(35-30(39)31(2,3)32)18-22-19-33-26-17-11-10-15-24(22)26/h5-17,19,27,33H,4,18,20,32H2,1-3H3,(H,34,37)(H,35,39). The molecule has 0 aliphatic heterocycles. The lowest BCUT2D eigenvalue weighted by atomic mass is 9.99. The Morgan fingerprint density at radius 2 is 1.62 bits per heavy atom. The molecule has 0 saturated carbocycles. The van der Waals surface area contributed by atoms with Crippen molar-refractivity contribution in [1.82, 2.24) is 20.5 Å². The fourth-order valence-corrected chi connectivity index (χ4v) is 4.41. The minimum Gasteiger partial charge on any atom is -0.361 e. The van der Waals surface area contributed by atoms with Crippen molar-refractivity contribution in [1.29, 1.82) is 0 Å². The van der Waals surface area contributed by atoms with Crippen molar-refractivity contribution < 1.29 is 14.4 Å². The molecule has 8 heteroatoms. The summed E-state index contributed by atoms with van der Waals surface area (Å²) in [5, 5.41) is 6.63. The Kier molecular flexibility index (Phi) is 8.46. The van der Waals surface area contributed by atoms with Gasteiger partial charge in [0.05, 0.1) is 12.2 Å². The van der Waals surface area contributed by atoms with Crippen LogP contribution in [0.2, 0.25) is 0 Å². The van der Waals surface area contributed by atoms with Gasteiger partial charge in [0, 0.05) is 35.6 Å². The summed E-state index contributed by atoms with van der Waals surface area (Å²) in [6.45, 7) is 5.41. The third-order valence-electron chi connectivity index (χ3n) is 6.66. The van der Waals surface area contributed by atoms with Crippen LogP contribution >= 0.6 is 0 Å². The van der Waals surface area contributed by atoms with Gasteiger partial charge >= 0.3 is 0 Å². The zero-order chi connectivity index (χ0) is 28.0. The van der Waals surface area contributed by atoms with Crippen molar-refractivity contribution in [2.75, 3.05) is 13.2 Å². The largest absolute Gasteiger partial charge is 0.361 e. The summed E-state index contributed by atoms with van der Waals surface area (Å²) < 4.78 is 0. The molecule has 0 radical (unpaired) electrons. The monoisotopic (exact) mass is 525 g/mol. The number of hydrogen-bond donors (Lipinski definition) is 4. The lowest BCUT2D eigenvalue weighted by Gasteiger charge is -2.26. The molecule has 5 N–H and O–H groups in total. The molecule has 0 fully saturated rings. The van der Waals surface area contributed by atoms with E-state index in [0.717, 1.165) is 27.6 Å². The molecule has 202 valence electrons. The molecule has 1 aromatic heterocycles. The SMILES string of the molecule is CCN(CNC(=O)C(Cc1c[nH]c2ccccc12)NC(=O)C(C)(C)N)C(=O)c1ccccc1-c1ccccc1. The van der Waals surface area contributed by atoms with Crippen LogP contribution in [0.3, 0.4) is 0 Å². The van der Waals surface area contributed by atoms with Gasteiger partial charge in [-0.05, 0) is 49.6 Å². The fourth-order valence-electron chi connectivity index (χ4n) is 4.41. The maximum atomic E-state index is 13.5. The molecule has 39 heavy (non-hydrogen) atoms. The van der Waals surface area contributed by atoms with Crippen molar-refractivity contribution in [3.63, 3.8) is 0 Å². The number of fused-ring (bicyclic) bond motifs is 1. The molecule has 0 aliphatic carbocycles. The second-order valence-electron chi connectivity index (χ2n) is 10.1. The highest BCUT2D eigenvalue weighted by Gasteiger charge is 2.29. The number of nitrogens with two attached hydrogens (primary N) is 1. The van der Waals surface area contributed by atoms with E-state index < -0.39 is 23.4 Å². The number of para-hydroxylation sites is 1. The van der Waals surface area contributed by atoms with E-state index in [2.05, 4.69) is 15.6 Å². The molecule has 1 unspecified atom stereocenters. The fraction of sp³-hybridized carbons (Fsp3) is 0.258. The molecule has 0 saturated heterocycles. The van der Waals surface area contributed by atoms with Crippen LogP contribution in [-0.4, -0.2) is 52.4 Å². The molecule has 0 aliphatic rings. The summed E-state index contributed by atoms with van der Waals surface area (Å²) in [5.41, 5.74) is 8.98. The number of benzene rings is 3. The van der Waals surface area contributed by atoms with Crippen molar-refractivity contribution in [3.05, 3.63) is 96.2 Å². The predicted molar refractivity (Wildman–Crippen MR) is 154 cm³/mol. The van der Waals surface area contributed by atoms with Crippen LogP contribution < -0.4 is 16.4 Å². The molecule has 4 aromatic rings. The number of hydrogen-bond acceptors (Lipinski definition) is 4. The average molecular weight is 526 g/mol. The second-order valence-corrected chi connectivity index (χ2v) is 10.1. The van der Waals surface area contributed by atoms with E-state index in [4.69, 9.17) is 5.73 Å². The highest BCUT2D eigenvalue weighted by atomic mass is 16.2. The number of aromatic nitrogens is 1. The second kappa shape index (κ2) is 12.0. The summed E-state index contributed by atoms with van der Waals surface area (Å²) in [6, 6.07) is 24.0. The van der Waals surface area contributed by atoms with Gasteiger partial charge in [-0.2, -0.15) is 0 Å². The molecule has 0 bridgehead atoms. The van der Waals surface area contributed by atoms with Gasteiger partial charge in [0.1, 0.15) is 6.04 Å². The van der Waals surface area contributed by atoms with Crippen LogP contribution in [0.25, 0.3) is 22.0 Å². The van der Waals surface area contributed by atoms with Crippen LogP contribution in [0, 0.1) is 0 Å². The van der Waals surface area contributed by atoms with E-state index in [-0.39, 0.29) is 19.0 Å². The van der Waals surface area contributed by atoms with Crippen LogP contribution in [0.4, 0.5) is 0 Å². The normalized spacial score (nSPS) is 12.1. The van der Waals surface area contributed by atoms with Crippen molar-refractivity contribution in [3.8, 4) is 11.1 Å². The van der Waals surface area contributed by atoms with Gasteiger partial charge in [0.25, 0.3) is 5.91 Å². The van der Waals surface area contributed by atoms with E-state index in [0.29, 0.717) is 12.1 Å². The number of nitrogens with one attached hydrogen (secondary N) is 3. The van der Waals surface area contributed by atoms with Gasteiger partial charge in [-0.3, -0.25) is 14.4 Å². The first-order valence-corrected chi connectivity index (χ1v) is 13.0. The maximum Gasteiger partial charge on any atom is 0.255 e. The smallest absolute Gasteiger partial charge is 0.255 e. The summed E-state index contributed by atoms with van der Waals surface area (Å²) in [5.74, 6) is -1.04. The van der Waals surface area contributed by atoms with Gasteiger partial charge in [0.2, 0.25) is 11.8 Å². The lowest BCUT2D eigenvalue weighted by molar-refractivity contribution is -0.131. The topological polar surface area (TPSA) is 120 Å². The Hall–Kier alpha value is -4.43. The van der Waals surface area contributed by atoms with Crippen LogP contribution in [-0.2, 0) is 16.0 Å². The van der Waals surface area contributed by atoms with E-state index in [1.165, 1.54) is 0 Å². The molecule has 1 atom stereocenters. The van der Waals surface area contributed by atoms with Crippen LogP contribution in [0.1, 0.15) is 36.7 Å². The number of nitrogens with zero attached hydrogens (tertiary/aromatic N) is 1. The molecule has 3 aromatic carbocycles. The Morgan fingerprint density at radius 3 is 2.33 bits per heavy atom. The zero-order valence-electron chi connectivity index (χ0n) is 22.5. The van der Waals surface area contributed by atoms with Gasteiger partial charge < -0.3 is 26.3 Å². The van der Waals surface area contributed by atoms with E-state index in [1.807, 2.05) is 85.9 Å². The third-order valence-corrected chi connectivity index (χ3v) is 6.66. The number of carbonyl (C=O) groups is 3. The third kappa shape index (κ3) is 6.53. The van der Waals surface area contributed by atoms with Gasteiger partial charge in [-0.1, -0.05) is 66.7 Å². The summed E-state index contributed by atoms with van der Waals surface area (Å²) in [6.07, 6.45) is 2.10. The maximum absolute atomic E-state index is 13.5. The van der Waals surface area contributed by atoms with E-state index in [9.17, 15) is 14.4 Å². The Morgan fingerprint density at radius 1 is 0.949 bits per heavy atom. The number of carbonyl (C=O) groups excluding carboxylic acids is 3. The molecular weight excluding hydrogens is 490 g/mol. The molecular formula is C31H35N5O3. The summed E-state index contributed by atoms with van der Waals surface area (Å²) >= 11 is 0. The summed E-state index contributed by atoms with van der Waals surface area (Å²) in [7, 11) is 0. The van der Waals surface area contributed by atoms with Crippen LogP contribution in [0.5, 0.6) is 0 Å². The molecule has 1 heterocycles. The molecule has 3 amide bonds. The van der Waals surface area contributed by atoms with E-state index >= 15 is 0 Å². The zero-order valence-corrected chi connectivity index (χ0v) is 22.5. The number of rotatable bonds is 10. The number of aromatic amines is 1. The minimum absolute atomic E-state index is 0.0104. The summed E-state index contributed by atoms with van der Waals surface area (Å²) in [4.78, 5) is 44.5. The van der Waals surface area contributed by atoms with E-state index in [1.54, 1.807) is 24.8 Å². The Labute approximate surface area is 228 Å². The quantitative estimate of drug-likeness (QED) is 0.235. The Balaban J connectivity index is 1.52. The number of H-pyrrole nitrogens is 1. The average Bonchev–Trinajstić information content (AvgIpc) is 3.35. The van der Waals surface area contributed by atoms with Gasteiger partial charge in [0.15, 0.2) is 0 Å². The van der Waals surface area contributed by atoms with Crippen molar-refractivity contribution in [2.45, 2.75) is 38.8 Å². The van der Waals surface area contributed by atoms with Crippen molar-refractivity contribution in [2.24, 2.45) is 5.73 Å². The highest BCUT2D eigenvalue weighted by Crippen LogP contribution is 2.24. The molecule has 4 rings (SSSR count). The lowest BCUT2D eigenvalue weighted by Crippen LogP contribution is -2.57. The predicted octanol–water partition coefficient (Wildman–Crippen LogP) is 3.84. The molecule has 8 nitrogen and oxygen atoms in total. The first-order chi connectivity index (χ1) is 18.7. The van der Waals surface area contributed by atoms with Gasteiger partial charge in [-0.25, -0.2) is 0 Å². The number of amides is 3. The van der Waals surface area contributed by atoms with Crippen molar-refractivity contribution >= 4 is 28.6 Å². The minimum atomic E-state index is -1.16. The van der Waals surface area contributed by atoms with Crippen LogP contribution in [0.15, 0.2) is 85.1 Å².